The molecular weight excluding hydrogens is 246 g/mol. The van der Waals surface area contributed by atoms with E-state index in [-0.39, 0.29) is 0 Å². The van der Waals surface area contributed by atoms with Gasteiger partial charge in [0.15, 0.2) is 0 Å². The molecule has 0 aliphatic carbocycles. The van der Waals surface area contributed by atoms with Crippen LogP contribution in [0, 0.1) is 6.92 Å². The maximum Gasteiger partial charge on any atom is 0.124 e. The van der Waals surface area contributed by atoms with E-state index in [4.69, 9.17) is 4.74 Å². The van der Waals surface area contributed by atoms with Crippen LogP contribution < -0.4 is 10.1 Å². The molecule has 2 heteroatoms. The highest BCUT2D eigenvalue weighted by Gasteiger charge is 2.02. The van der Waals surface area contributed by atoms with Crippen molar-refractivity contribution in [1.82, 2.24) is 5.32 Å². The summed E-state index contributed by atoms with van der Waals surface area (Å²) >= 11 is 0. The van der Waals surface area contributed by atoms with Gasteiger partial charge in [-0.2, -0.15) is 0 Å². The second-order valence-electron chi connectivity index (χ2n) is 4.77. The van der Waals surface area contributed by atoms with Crippen LogP contribution in [0.1, 0.15) is 16.7 Å². The average molecular weight is 267 g/mol. The van der Waals surface area contributed by atoms with E-state index < -0.39 is 0 Å². The summed E-state index contributed by atoms with van der Waals surface area (Å²) in [5, 5.41) is 3.17. The zero-order chi connectivity index (χ0) is 14.2. The SMILES string of the molecule is CNCc1cc(C)ccc1OCC=Cc1ccccc1. The van der Waals surface area contributed by atoms with Gasteiger partial charge in [0, 0.05) is 12.1 Å². The van der Waals surface area contributed by atoms with Crippen LogP contribution in [0.15, 0.2) is 54.6 Å². The Labute approximate surface area is 121 Å². The Kier molecular flexibility index (Phi) is 5.39. The van der Waals surface area contributed by atoms with Gasteiger partial charge >= 0.3 is 0 Å². The fourth-order valence-electron chi connectivity index (χ4n) is 2.06. The van der Waals surface area contributed by atoms with Gasteiger partial charge in [0.05, 0.1) is 0 Å². The molecule has 2 nitrogen and oxygen atoms in total. The highest BCUT2D eigenvalue weighted by atomic mass is 16.5. The fourth-order valence-corrected chi connectivity index (χ4v) is 2.06. The van der Waals surface area contributed by atoms with E-state index in [1.54, 1.807) is 0 Å². The molecule has 0 atom stereocenters. The molecule has 0 saturated heterocycles. The highest BCUT2D eigenvalue weighted by molar-refractivity contribution is 5.48. The van der Waals surface area contributed by atoms with Crippen molar-refractivity contribution in [1.29, 1.82) is 0 Å². The second kappa shape index (κ2) is 7.51. The molecule has 0 bridgehead atoms. The van der Waals surface area contributed by atoms with Crippen LogP contribution in [0.4, 0.5) is 0 Å². The first kappa shape index (κ1) is 14.4. The van der Waals surface area contributed by atoms with E-state index in [1.807, 2.05) is 37.4 Å². The molecule has 104 valence electrons. The summed E-state index contributed by atoms with van der Waals surface area (Å²) in [5.74, 6) is 0.947. The molecule has 2 aromatic carbocycles. The zero-order valence-electron chi connectivity index (χ0n) is 12.1. The molecule has 0 heterocycles. The third kappa shape index (κ3) is 4.25. The summed E-state index contributed by atoms with van der Waals surface area (Å²) in [7, 11) is 1.95. The third-order valence-electron chi connectivity index (χ3n) is 3.03. The van der Waals surface area contributed by atoms with Crippen molar-refractivity contribution >= 4 is 6.08 Å². The van der Waals surface area contributed by atoms with Crippen LogP contribution in [0.3, 0.4) is 0 Å². The van der Waals surface area contributed by atoms with Crippen molar-refractivity contribution in [2.75, 3.05) is 13.7 Å². The molecule has 0 saturated carbocycles. The lowest BCUT2D eigenvalue weighted by Gasteiger charge is -2.10. The summed E-state index contributed by atoms with van der Waals surface area (Å²) in [4.78, 5) is 0. The summed E-state index contributed by atoms with van der Waals surface area (Å²) in [6, 6.07) is 16.5. The number of rotatable bonds is 6. The monoisotopic (exact) mass is 267 g/mol. The maximum absolute atomic E-state index is 5.84. The Balaban J connectivity index is 1.95. The van der Waals surface area contributed by atoms with E-state index in [0.717, 1.165) is 12.3 Å². The summed E-state index contributed by atoms with van der Waals surface area (Å²) in [5.41, 5.74) is 3.64. The van der Waals surface area contributed by atoms with Gasteiger partial charge in [-0.05, 0) is 31.7 Å². The third-order valence-corrected chi connectivity index (χ3v) is 3.03. The minimum absolute atomic E-state index is 0.578. The Morgan fingerprint density at radius 1 is 1.10 bits per heavy atom. The van der Waals surface area contributed by atoms with E-state index in [9.17, 15) is 0 Å². The second-order valence-corrected chi connectivity index (χ2v) is 4.77. The van der Waals surface area contributed by atoms with Gasteiger partial charge in [0.25, 0.3) is 0 Å². The number of ether oxygens (including phenoxy) is 1. The van der Waals surface area contributed by atoms with Gasteiger partial charge in [0.1, 0.15) is 12.4 Å². The first-order valence-electron chi connectivity index (χ1n) is 6.88. The van der Waals surface area contributed by atoms with E-state index in [2.05, 4.69) is 42.6 Å². The molecule has 0 unspecified atom stereocenters. The summed E-state index contributed by atoms with van der Waals surface area (Å²) in [6.45, 7) is 3.49. The lowest BCUT2D eigenvalue weighted by molar-refractivity contribution is 0.358. The molecule has 2 aromatic rings. The largest absolute Gasteiger partial charge is 0.489 e. The molecule has 0 aliphatic rings. The Hall–Kier alpha value is -2.06. The average Bonchev–Trinajstić information content (AvgIpc) is 2.47. The number of nitrogens with one attached hydrogen (secondary N) is 1. The van der Waals surface area contributed by atoms with Gasteiger partial charge in [-0.3, -0.25) is 0 Å². The summed E-state index contributed by atoms with van der Waals surface area (Å²) in [6.07, 6.45) is 4.12. The molecule has 2 rings (SSSR count). The predicted octanol–water partition coefficient (Wildman–Crippen LogP) is 3.81. The van der Waals surface area contributed by atoms with Crippen molar-refractivity contribution in [3.8, 4) is 5.75 Å². The lowest BCUT2D eigenvalue weighted by Crippen LogP contribution is -2.07. The Morgan fingerprint density at radius 3 is 2.65 bits per heavy atom. The Bertz CT molecular complexity index is 561. The van der Waals surface area contributed by atoms with Crippen molar-refractivity contribution < 1.29 is 4.74 Å². The number of hydrogen-bond acceptors (Lipinski definition) is 2. The quantitative estimate of drug-likeness (QED) is 0.859. The van der Waals surface area contributed by atoms with Crippen molar-refractivity contribution in [3.63, 3.8) is 0 Å². The smallest absolute Gasteiger partial charge is 0.124 e. The maximum atomic E-state index is 5.84. The molecule has 1 N–H and O–H groups in total. The number of aryl methyl sites for hydroxylation is 1. The van der Waals surface area contributed by atoms with Crippen LogP contribution in [-0.4, -0.2) is 13.7 Å². The van der Waals surface area contributed by atoms with E-state index in [0.29, 0.717) is 6.61 Å². The zero-order valence-corrected chi connectivity index (χ0v) is 12.1. The topological polar surface area (TPSA) is 21.3 Å². The molecule has 20 heavy (non-hydrogen) atoms. The minimum Gasteiger partial charge on any atom is -0.489 e. The van der Waals surface area contributed by atoms with Crippen molar-refractivity contribution in [2.45, 2.75) is 13.5 Å². The highest BCUT2D eigenvalue weighted by Crippen LogP contribution is 2.20. The van der Waals surface area contributed by atoms with Gasteiger partial charge in [-0.25, -0.2) is 0 Å². The standard InChI is InChI=1S/C18H21NO/c1-15-10-11-18(17(13-15)14-19-2)20-12-6-9-16-7-4-3-5-8-16/h3-11,13,19H,12,14H2,1-2H3. The number of hydrogen-bond donors (Lipinski definition) is 1. The molecule has 0 radical (unpaired) electrons. The first-order valence-corrected chi connectivity index (χ1v) is 6.88. The number of benzene rings is 2. The van der Waals surface area contributed by atoms with E-state index in [1.165, 1.54) is 16.7 Å². The van der Waals surface area contributed by atoms with Gasteiger partial charge in [-0.15, -0.1) is 0 Å². The van der Waals surface area contributed by atoms with Crippen molar-refractivity contribution in [2.24, 2.45) is 0 Å². The molecule has 0 fully saturated rings. The molecule has 0 aromatic heterocycles. The molecule has 0 amide bonds. The van der Waals surface area contributed by atoms with Gasteiger partial charge in [0.2, 0.25) is 0 Å². The minimum atomic E-state index is 0.578. The Morgan fingerprint density at radius 2 is 1.90 bits per heavy atom. The van der Waals surface area contributed by atoms with Crippen LogP contribution in [-0.2, 0) is 6.54 Å². The summed E-state index contributed by atoms with van der Waals surface area (Å²) < 4.78 is 5.84. The van der Waals surface area contributed by atoms with Gasteiger partial charge < -0.3 is 10.1 Å². The normalized spacial score (nSPS) is 10.9. The fraction of sp³-hybridized carbons (Fsp3) is 0.222. The molecule has 0 spiro atoms. The first-order chi connectivity index (χ1) is 9.79. The lowest BCUT2D eigenvalue weighted by atomic mass is 10.1. The molecule has 0 aliphatic heterocycles. The van der Waals surface area contributed by atoms with Crippen LogP contribution in [0.25, 0.3) is 6.08 Å². The van der Waals surface area contributed by atoms with Gasteiger partial charge in [-0.1, -0.05) is 54.1 Å². The predicted molar refractivity (Wildman–Crippen MR) is 84.9 cm³/mol. The van der Waals surface area contributed by atoms with Crippen molar-refractivity contribution in [3.05, 3.63) is 71.3 Å². The van der Waals surface area contributed by atoms with Crippen LogP contribution >= 0.6 is 0 Å². The molecular formula is C18H21NO. The van der Waals surface area contributed by atoms with E-state index >= 15 is 0 Å². The van der Waals surface area contributed by atoms with Crippen LogP contribution in [0.5, 0.6) is 5.75 Å². The van der Waals surface area contributed by atoms with Crippen LogP contribution in [0.2, 0.25) is 0 Å².